The van der Waals surface area contributed by atoms with Gasteiger partial charge < -0.3 is 40.2 Å². The Morgan fingerprint density at radius 3 is 2.44 bits per heavy atom. The van der Waals surface area contributed by atoms with Gasteiger partial charge in [0.25, 0.3) is 5.91 Å². The molecule has 7 atom stereocenters. The molecular formula is C28H40N2O9. The average molecular weight is 549 g/mol. The quantitative estimate of drug-likeness (QED) is 0.415. The molecule has 3 rings (SSSR count). The van der Waals surface area contributed by atoms with Crippen molar-refractivity contribution < 1.29 is 43.5 Å². The smallest absolute Gasteiger partial charge is 0.405 e. The zero-order chi connectivity index (χ0) is 29.1. The van der Waals surface area contributed by atoms with Crippen molar-refractivity contribution in [2.75, 3.05) is 19.5 Å². The van der Waals surface area contributed by atoms with Crippen molar-refractivity contribution in [3.05, 3.63) is 29.3 Å². The lowest BCUT2D eigenvalue weighted by Crippen LogP contribution is -2.43. The van der Waals surface area contributed by atoms with Gasteiger partial charge in [0, 0.05) is 44.6 Å². The molecule has 2 heterocycles. The van der Waals surface area contributed by atoms with Crippen molar-refractivity contribution in [1.82, 2.24) is 0 Å². The number of aliphatic hydroxyl groups is 1. The van der Waals surface area contributed by atoms with Crippen molar-refractivity contribution in [3.63, 3.8) is 0 Å². The number of primary amides is 1. The molecule has 2 aliphatic rings. The van der Waals surface area contributed by atoms with E-state index in [1.165, 1.54) is 20.1 Å². The van der Waals surface area contributed by atoms with E-state index in [9.17, 15) is 24.6 Å². The number of aromatic hydroxyl groups is 1. The summed E-state index contributed by atoms with van der Waals surface area (Å²) < 4.78 is 23.3. The van der Waals surface area contributed by atoms with Crippen LogP contribution in [-0.2, 0) is 30.2 Å². The average Bonchev–Trinajstić information content (AvgIpc) is 2.82. The number of carbonyl (C=O) groups is 3. The van der Waals surface area contributed by atoms with E-state index in [1.807, 2.05) is 13.0 Å². The van der Waals surface area contributed by atoms with Crippen LogP contribution < -0.4 is 15.8 Å². The Kier molecular flexibility index (Phi) is 9.63. The van der Waals surface area contributed by atoms with Gasteiger partial charge in [-0.2, -0.15) is 0 Å². The van der Waals surface area contributed by atoms with Gasteiger partial charge in [-0.15, -0.1) is 0 Å². The van der Waals surface area contributed by atoms with Crippen LogP contribution in [-0.4, -0.2) is 72.2 Å². The Hall–Kier alpha value is -3.15. The maximum atomic E-state index is 13.2. The van der Waals surface area contributed by atoms with Gasteiger partial charge in [0.1, 0.15) is 35.1 Å². The number of ketones is 1. The zero-order valence-corrected chi connectivity index (χ0v) is 23.4. The largest absolute Gasteiger partial charge is 0.508 e. The van der Waals surface area contributed by atoms with Crippen LogP contribution in [0, 0.1) is 11.8 Å². The van der Waals surface area contributed by atoms with E-state index >= 15 is 0 Å². The van der Waals surface area contributed by atoms with E-state index in [2.05, 4.69) is 12.2 Å². The van der Waals surface area contributed by atoms with Gasteiger partial charge in [-0.05, 0) is 44.2 Å². The fourth-order valence-corrected chi connectivity index (χ4v) is 5.46. The summed E-state index contributed by atoms with van der Waals surface area (Å²) in [7, 11) is 2.97. The Balaban J connectivity index is 2.22. The van der Waals surface area contributed by atoms with E-state index in [1.54, 1.807) is 20.1 Å². The Morgan fingerprint density at radius 2 is 1.82 bits per heavy atom. The number of benzene rings is 1. The molecule has 0 saturated heterocycles. The van der Waals surface area contributed by atoms with Gasteiger partial charge in [-0.3, -0.25) is 9.59 Å². The first-order valence-corrected chi connectivity index (χ1v) is 13.0. The summed E-state index contributed by atoms with van der Waals surface area (Å²) in [4.78, 5) is 38.0. The molecule has 0 radical (unpaired) electrons. The Bertz CT molecular complexity index is 1120. The molecule has 0 aromatic heterocycles. The molecule has 1 aromatic carbocycles. The maximum absolute atomic E-state index is 13.2. The molecular weight excluding hydrogens is 508 g/mol. The minimum atomic E-state index is -2.10. The third-order valence-electron chi connectivity index (χ3n) is 7.36. The van der Waals surface area contributed by atoms with Crippen molar-refractivity contribution >= 4 is 23.5 Å². The van der Waals surface area contributed by atoms with Gasteiger partial charge in [0.05, 0.1) is 11.8 Å². The van der Waals surface area contributed by atoms with Crippen molar-refractivity contribution in [2.45, 2.75) is 83.4 Å². The van der Waals surface area contributed by atoms with Crippen molar-refractivity contribution in [3.8, 4) is 11.5 Å². The van der Waals surface area contributed by atoms with Crippen LogP contribution in [0.3, 0.4) is 0 Å². The summed E-state index contributed by atoms with van der Waals surface area (Å²) in [5.41, 5.74) is 4.68. The minimum Gasteiger partial charge on any atom is -0.508 e. The molecule has 0 saturated carbocycles. The first-order chi connectivity index (χ1) is 18.2. The highest BCUT2D eigenvalue weighted by atomic mass is 16.6. The first kappa shape index (κ1) is 30.4. The molecule has 0 spiro atoms. The SMILES string of the molecule is CO[C@H]1C[C@H](C)Cc2cc(O)cc3c2O[C@H]1[C@@H](C)/C=C(\C)[C@H](OC(N)=O)[C@@H](OC)CC(=O)CC(C)(O)C(=O)N3. The van der Waals surface area contributed by atoms with E-state index in [0.717, 1.165) is 0 Å². The minimum absolute atomic E-state index is 0.0768. The highest BCUT2D eigenvalue weighted by molar-refractivity contribution is 6.01. The molecule has 1 unspecified atom stereocenters. The number of methoxy groups -OCH3 is 2. The van der Waals surface area contributed by atoms with E-state index < -0.39 is 48.1 Å². The number of Topliss-reactive ketones (excluding diaryl/α,β-unsaturated/α-hetero) is 1. The van der Waals surface area contributed by atoms with E-state index in [0.29, 0.717) is 29.7 Å². The summed E-state index contributed by atoms with van der Waals surface area (Å²) in [6.07, 6.45) is -1.60. The molecule has 2 amide bonds. The Morgan fingerprint density at radius 1 is 1.15 bits per heavy atom. The summed E-state index contributed by atoms with van der Waals surface area (Å²) in [6, 6.07) is 2.94. The molecule has 2 aliphatic heterocycles. The number of phenols is 1. The number of rotatable bonds is 3. The highest BCUT2D eigenvalue weighted by Gasteiger charge is 2.39. The van der Waals surface area contributed by atoms with Gasteiger partial charge in [-0.1, -0.05) is 19.9 Å². The topological polar surface area (TPSA) is 167 Å². The summed E-state index contributed by atoms with van der Waals surface area (Å²) in [5.74, 6) is -1.26. The van der Waals surface area contributed by atoms with Gasteiger partial charge in [0.15, 0.2) is 6.10 Å². The summed E-state index contributed by atoms with van der Waals surface area (Å²) >= 11 is 0. The monoisotopic (exact) mass is 548 g/mol. The van der Waals surface area contributed by atoms with Crippen LogP contribution in [0.2, 0.25) is 0 Å². The van der Waals surface area contributed by atoms with Crippen LogP contribution in [0.5, 0.6) is 11.5 Å². The number of carbonyl (C=O) groups excluding carboxylic acids is 3. The Labute approximate surface area is 228 Å². The molecule has 39 heavy (non-hydrogen) atoms. The molecule has 11 nitrogen and oxygen atoms in total. The lowest BCUT2D eigenvalue weighted by molar-refractivity contribution is -0.140. The molecule has 0 fully saturated rings. The second kappa shape index (κ2) is 12.4. The number of anilines is 1. The number of phenolic OH excluding ortho intramolecular Hbond substituents is 1. The molecule has 216 valence electrons. The molecule has 5 N–H and O–H groups in total. The van der Waals surface area contributed by atoms with E-state index in [4.69, 9.17) is 24.7 Å². The van der Waals surface area contributed by atoms with Crippen LogP contribution >= 0.6 is 0 Å². The maximum Gasteiger partial charge on any atom is 0.405 e. The lowest BCUT2D eigenvalue weighted by Gasteiger charge is -2.36. The lowest BCUT2D eigenvalue weighted by atomic mass is 9.86. The van der Waals surface area contributed by atoms with Crippen LogP contribution in [0.15, 0.2) is 23.8 Å². The third kappa shape index (κ3) is 7.28. The number of nitrogens with two attached hydrogens (primary N) is 1. The normalized spacial score (nSPS) is 33.7. The molecule has 2 bridgehead atoms. The van der Waals surface area contributed by atoms with E-state index in [-0.39, 0.29) is 35.8 Å². The molecule has 11 heteroatoms. The van der Waals surface area contributed by atoms with Crippen LogP contribution in [0.1, 0.15) is 52.5 Å². The molecule has 1 aromatic rings. The predicted octanol–water partition coefficient (Wildman–Crippen LogP) is 2.85. The summed E-state index contributed by atoms with van der Waals surface area (Å²) in [5, 5.41) is 24.1. The van der Waals surface area contributed by atoms with Crippen LogP contribution in [0.25, 0.3) is 0 Å². The summed E-state index contributed by atoms with van der Waals surface area (Å²) in [6.45, 7) is 6.95. The highest BCUT2D eigenvalue weighted by Crippen LogP contribution is 2.41. The number of fused-ring (bicyclic) bond motifs is 1. The van der Waals surface area contributed by atoms with Crippen LogP contribution in [0.4, 0.5) is 10.5 Å². The number of amides is 2. The van der Waals surface area contributed by atoms with Gasteiger partial charge in [0.2, 0.25) is 0 Å². The van der Waals surface area contributed by atoms with Crippen molar-refractivity contribution in [1.29, 1.82) is 0 Å². The number of nitrogens with one attached hydrogen (secondary N) is 1. The molecule has 0 aliphatic carbocycles. The second-order valence-corrected chi connectivity index (χ2v) is 10.9. The van der Waals surface area contributed by atoms with Gasteiger partial charge >= 0.3 is 6.09 Å². The van der Waals surface area contributed by atoms with Gasteiger partial charge in [-0.25, -0.2) is 4.79 Å². The standard InChI is InChI=1S/C28H40N2O9/c1-14-7-17-10-18(31)11-20-25(17)38-23(21(8-14)36-5)15(2)9-16(3)24(39-27(29)34)22(37-6)12-19(32)13-28(4,35)26(33)30-20/h9-11,14-15,21-24,31,35H,7-8,12-13H2,1-6H3,(H2,29,34)(H,30,33)/b16-9+/t14-,15+,21+,22+,23+,24+,28?/m1/s1. The van der Waals surface area contributed by atoms with Crippen molar-refractivity contribution in [2.24, 2.45) is 17.6 Å². The second-order valence-electron chi connectivity index (χ2n) is 10.9. The third-order valence-corrected chi connectivity index (χ3v) is 7.36. The number of ether oxygens (including phenoxy) is 4. The fourth-order valence-electron chi connectivity index (χ4n) is 5.46. The zero-order valence-electron chi connectivity index (χ0n) is 23.4. The first-order valence-electron chi connectivity index (χ1n) is 13.0. The number of hydrogen-bond acceptors (Lipinski definition) is 9. The number of hydrogen-bond donors (Lipinski definition) is 4. The predicted molar refractivity (Wildman–Crippen MR) is 142 cm³/mol. The fraction of sp³-hybridized carbons (Fsp3) is 0.607.